The maximum Gasteiger partial charge on any atom is 0.201 e. The summed E-state index contributed by atoms with van der Waals surface area (Å²) in [4.78, 5) is 0. The summed E-state index contributed by atoms with van der Waals surface area (Å²) in [7, 11) is 0. The highest BCUT2D eigenvalue weighted by Crippen LogP contribution is 2.23. The van der Waals surface area contributed by atoms with Gasteiger partial charge in [0.05, 0.1) is 16.4 Å². The van der Waals surface area contributed by atoms with Gasteiger partial charge in [0, 0.05) is 12.4 Å². The first-order valence-corrected chi connectivity index (χ1v) is 5.87. The summed E-state index contributed by atoms with van der Waals surface area (Å²) in [6, 6.07) is 8.62. The third-order valence-electron chi connectivity index (χ3n) is 2.36. The van der Waals surface area contributed by atoms with E-state index in [-0.39, 0.29) is 5.71 Å². The van der Waals surface area contributed by atoms with Crippen LogP contribution in [0.15, 0.2) is 41.8 Å². The van der Waals surface area contributed by atoms with Gasteiger partial charge in [0.25, 0.3) is 0 Å². The van der Waals surface area contributed by atoms with E-state index in [9.17, 15) is 0 Å². The van der Waals surface area contributed by atoms with E-state index in [2.05, 4.69) is 15.6 Å². The van der Waals surface area contributed by atoms with Gasteiger partial charge in [-0.25, -0.2) is 4.68 Å². The Labute approximate surface area is 119 Å². The minimum Gasteiger partial charge on any atom is -0.382 e. The van der Waals surface area contributed by atoms with Crippen molar-refractivity contribution in [3.63, 3.8) is 0 Å². The van der Waals surface area contributed by atoms with Gasteiger partial charge in [0.1, 0.15) is 6.07 Å². The van der Waals surface area contributed by atoms with Crippen molar-refractivity contribution in [1.82, 2.24) is 9.78 Å². The van der Waals surface area contributed by atoms with Gasteiger partial charge >= 0.3 is 0 Å². The number of halogens is 1. The zero-order chi connectivity index (χ0) is 14.5. The Bertz CT molecular complexity index is 697. The van der Waals surface area contributed by atoms with Gasteiger partial charge in [-0.15, -0.1) is 0 Å². The van der Waals surface area contributed by atoms with Crippen molar-refractivity contribution in [2.75, 3.05) is 5.43 Å². The smallest absolute Gasteiger partial charge is 0.201 e. The number of hydrazone groups is 1. The van der Waals surface area contributed by atoms with Crippen LogP contribution in [-0.4, -0.2) is 21.3 Å². The Kier molecular flexibility index (Phi) is 3.98. The predicted octanol–water partition coefficient (Wildman–Crippen LogP) is 1.75. The van der Waals surface area contributed by atoms with E-state index < -0.39 is 5.84 Å². The number of nitriles is 1. The molecule has 1 aromatic carbocycles. The number of anilines is 1. The summed E-state index contributed by atoms with van der Waals surface area (Å²) in [5, 5.41) is 24.1. The van der Waals surface area contributed by atoms with E-state index in [0.717, 1.165) is 5.69 Å². The molecule has 100 valence electrons. The molecule has 2 rings (SSSR count). The average molecular weight is 288 g/mol. The van der Waals surface area contributed by atoms with Gasteiger partial charge in [-0.3, -0.25) is 10.8 Å². The summed E-state index contributed by atoms with van der Waals surface area (Å²) in [6.45, 7) is 0. The Morgan fingerprint density at radius 2 is 2.35 bits per heavy atom. The lowest BCUT2D eigenvalue weighted by atomic mass is 10.3. The lowest BCUT2D eigenvalue weighted by molar-refractivity contribution is 0.881. The number of nitrogens with zero attached hydrogens (tertiary/aromatic N) is 4. The molecule has 1 heterocycles. The fraction of sp³-hybridized carbons (Fsp3) is 0. The van der Waals surface area contributed by atoms with Crippen molar-refractivity contribution >= 4 is 28.8 Å². The molecule has 0 radical (unpaired) electrons. The minimum absolute atomic E-state index is 0.197. The zero-order valence-electron chi connectivity index (χ0n) is 10.2. The normalized spacial score (nSPS) is 10.9. The maximum atomic E-state index is 8.72. The van der Waals surface area contributed by atoms with Crippen molar-refractivity contribution in [3.8, 4) is 11.8 Å². The van der Waals surface area contributed by atoms with Crippen LogP contribution < -0.4 is 11.2 Å². The van der Waals surface area contributed by atoms with Crippen LogP contribution in [0.25, 0.3) is 5.69 Å². The van der Waals surface area contributed by atoms with Crippen molar-refractivity contribution in [2.24, 2.45) is 10.8 Å². The summed E-state index contributed by atoms with van der Waals surface area (Å²) >= 11 is 6.15. The van der Waals surface area contributed by atoms with E-state index in [4.69, 9.17) is 28.0 Å². The van der Waals surface area contributed by atoms with Crippen molar-refractivity contribution in [2.45, 2.75) is 0 Å². The SMILES string of the molecule is N#C/C(=N\Nc1ccc(-n2cccn2)c(Cl)c1)C(=N)N. The van der Waals surface area contributed by atoms with Crippen LogP contribution in [0.2, 0.25) is 5.02 Å². The molecular formula is C12H10ClN7. The molecule has 7 nitrogen and oxygen atoms in total. The number of nitrogens with one attached hydrogen (secondary N) is 2. The second kappa shape index (κ2) is 5.86. The second-order valence-corrected chi connectivity index (χ2v) is 4.12. The second-order valence-electron chi connectivity index (χ2n) is 3.71. The van der Waals surface area contributed by atoms with Crippen LogP contribution in [0.5, 0.6) is 0 Å². The Hall–Kier alpha value is -2.85. The number of hydrogen-bond acceptors (Lipinski definition) is 5. The molecule has 8 heteroatoms. The zero-order valence-corrected chi connectivity index (χ0v) is 11.0. The summed E-state index contributed by atoms with van der Waals surface area (Å²) in [6.07, 6.45) is 3.43. The summed E-state index contributed by atoms with van der Waals surface area (Å²) in [5.41, 5.74) is 8.90. The molecule has 0 saturated heterocycles. The Morgan fingerprint density at radius 3 is 2.90 bits per heavy atom. The molecule has 1 aromatic heterocycles. The Morgan fingerprint density at radius 1 is 1.55 bits per heavy atom. The molecular weight excluding hydrogens is 278 g/mol. The molecule has 0 bridgehead atoms. The van der Waals surface area contributed by atoms with E-state index in [0.29, 0.717) is 10.7 Å². The predicted molar refractivity (Wildman–Crippen MR) is 77.2 cm³/mol. The number of benzene rings is 1. The van der Waals surface area contributed by atoms with Crippen molar-refractivity contribution in [3.05, 3.63) is 41.7 Å². The molecule has 0 atom stereocenters. The molecule has 0 amide bonds. The highest BCUT2D eigenvalue weighted by atomic mass is 35.5. The van der Waals surface area contributed by atoms with Gasteiger partial charge < -0.3 is 5.73 Å². The molecule has 0 spiro atoms. The lowest BCUT2D eigenvalue weighted by Gasteiger charge is -2.07. The van der Waals surface area contributed by atoms with E-state index in [1.54, 1.807) is 47.4 Å². The first-order valence-electron chi connectivity index (χ1n) is 5.49. The first-order chi connectivity index (χ1) is 9.61. The van der Waals surface area contributed by atoms with Crippen molar-refractivity contribution < 1.29 is 0 Å². The summed E-state index contributed by atoms with van der Waals surface area (Å²) < 4.78 is 1.63. The molecule has 0 fully saturated rings. The van der Waals surface area contributed by atoms with Gasteiger partial charge in [0.15, 0.2) is 5.84 Å². The maximum absolute atomic E-state index is 8.72. The molecule has 2 aromatic rings. The molecule has 4 N–H and O–H groups in total. The number of amidine groups is 1. The largest absolute Gasteiger partial charge is 0.382 e. The van der Waals surface area contributed by atoms with E-state index >= 15 is 0 Å². The van der Waals surface area contributed by atoms with Gasteiger partial charge in [-0.2, -0.15) is 15.5 Å². The van der Waals surface area contributed by atoms with Crippen LogP contribution in [-0.2, 0) is 0 Å². The van der Waals surface area contributed by atoms with Gasteiger partial charge in [-0.05, 0) is 24.3 Å². The highest BCUT2D eigenvalue weighted by Gasteiger charge is 2.05. The number of nitrogens with two attached hydrogens (primary N) is 1. The summed E-state index contributed by atoms with van der Waals surface area (Å²) in [5.74, 6) is -0.403. The fourth-order valence-corrected chi connectivity index (χ4v) is 1.71. The van der Waals surface area contributed by atoms with Gasteiger partial charge in [-0.1, -0.05) is 11.6 Å². The van der Waals surface area contributed by atoms with Crippen LogP contribution in [0, 0.1) is 16.7 Å². The van der Waals surface area contributed by atoms with Crippen LogP contribution in [0.3, 0.4) is 0 Å². The molecule has 20 heavy (non-hydrogen) atoms. The van der Waals surface area contributed by atoms with Crippen LogP contribution in [0.1, 0.15) is 0 Å². The van der Waals surface area contributed by atoms with E-state index in [1.807, 2.05) is 0 Å². The monoisotopic (exact) mass is 287 g/mol. The molecule has 0 unspecified atom stereocenters. The quantitative estimate of drug-likeness (QED) is 0.451. The number of hydrogen-bond donors (Lipinski definition) is 3. The van der Waals surface area contributed by atoms with E-state index in [1.165, 1.54) is 0 Å². The molecule has 0 aliphatic carbocycles. The fourth-order valence-electron chi connectivity index (χ4n) is 1.44. The number of aromatic nitrogens is 2. The highest BCUT2D eigenvalue weighted by molar-refractivity contribution is 6.45. The third kappa shape index (κ3) is 2.93. The average Bonchev–Trinajstić information content (AvgIpc) is 2.93. The Balaban J connectivity index is 2.23. The third-order valence-corrected chi connectivity index (χ3v) is 2.66. The molecule has 0 aliphatic heterocycles. The lowest BCUT2D eigenvalue weighted by Crippen LogP contribution is -2.21. The van der Waals surface area contributed by atoms with Crippen LogP contribution in [0.4, 0.5) is 5.69 Å². The topological polar surface area (TPSA) is 116 Å². The first kappa shape index (κ1) is 13.6. The van der Waals surface area contributed by atoms with Gasteiger partial charge in [0.2, 0.25) is 5.71 Å². The molecule has 0 saturated carbocycles. The molecule has 0 aliphatic rings. The minimum atomic E-state index is -0.403. The standard InChI is InChI=1S/C12H10ClN7/c13-9-6-8(18-19-10(7-14)12(15)16)2-3-11(9)20-5-1-4-17-20/h1-6,18H,(H3,15,16)/b19-10+. The van der Waals surface area contributed by atoms with Crippen molar-refractivity contribution in [1.29, 1.82) is 10.7 Å². The van der Waals surface area contributed by atoms with Crippen LogP contribution >= 0.6 is 11.6 Å². The number of rotatable bonds is 4.